The Morgan fingerprint density at radius 3 is 2.03 bits per heavy atom. The van der Waals surface area contributed by atoms with Crippen molar-refractivity contribution >= 4 is 5.91 Å². The fourth-order valence-corrected chi connectivity index (χ4v) is 3.96. The van der Waals surface area contributed by atoms with E-state index >= 15 is 0 Å². The first kappa shape index (κ1) is 19.2. The maximum Gasteiger partial charge on any atom is 0.259 e. The van der Waals surface area contributed by atoms with Crippen molar-refractivity contribution in [1.29, 1.82) is 0 Å². The normalized spacial score (nSPS) is 14.8. The lowest BCUT2D eigenvalue weighted by Crippen LogP contribution is -2.49. The zero-order valence-corrected chi connectivity index (χ0v) is 16.6. The van der Waals surface area contributed by atoms with E-state index in [0.29, 0.717) is 24.4 Å². The Hall–Kier alpha value is -3.18. The van der Waals surface area contributed by atoms with Gasteiger partial charge in [0.25, 0.3) is 5.91 Å². The van der Waals surface area contributed by atoms with Crippen molar-refractivity contribution in [3.05, 3.63) is 95.8 Å². The number of methoxy groups -OCH3 is 1. The van der Waals surface area contributed by atoms with Crippen LogP contribution in [-0.4, -0.2) is 54.0 Å². The van der Waals surface area contributed by atoms with Gasteiger partial charge in [-0.3, -0.25) is 14.7 Å². The first-order valence-electron chi connectivity index (χ1n) is 9.89. The molecule has 1 fully saturated rings. The molecule has 0 atom stereocenters. The first-order chi connectivity index (χ1) is 14.3. The Bertz CT molecular complexity index is 899. The number of pyridine rings is 1. The Morgan fingerprint density at radius 2 is 1.48 bits per heavy atom. The summed E-state index contributed by atoms with van der Waals surface area (Å²) in [7, 11) is 1.58. The largest absolute Gasteiger partial charge is 0.496 e. The Labute approximate surface area is 171 Å². The first-order valence-corrected chi connectivity index (χ1v) is 9.89. The van der Waals surface area contributed by atoms with E-state index in [2.05, 4.69) is 58.4 Å². The summed E-state index contributed by atoms with van der Waals surface area (Å²) < 4.78 is 5.33. The quantitative estimate of drug-likeness (QED) is 0.671. The fraction of sp³-hybridized carbons (Fsp3) is 0.250. The molecule has 1 aliphatic heterocycles. The molecule has 4 rings (SSSR count). The van der Waals surface area contributed by atoms with Crippen LogP contribution in [0.25, 0.3) is 0 Å². The van der Waals surface area contributed by atoms with E-state index in [9.17, 15) is 4.79 Å². The highest BCUT2D eigenvalue weighted by atomic mass is 16.5. The summed E-state index contributed by atoms with van der Waals surface area (Å²) in [5.74, 6) is 0.546. The lowest BCUT2D eigenvalue weighted by atomic mass is 9.96. The number of benzene rings is 2. The molecule has 5 heteroatoms. The van der Waals surface area contributed by atoms with Gasteiger partial charge in [-0.2, -0.15) is 0 Å². The summed E-state index contributed by atoms with van der Waals surface area (Å²) in [6.45, 7) is 2.96. The topological polar surface area (TPSA) is 45.7 Å². The Kier molecular flexibility index (Phi) is 5.86. The smallest absolute Gasteiger partial charge is 0.259 e. The van der Waals surface area contributed by atoms with Gasteiger partial charge in [0.15, 0.2) is 0 Å². The summed E-state index contributed by atoms with van der Waals surface area (Å²) >= 11 is 0. The molecule has 0 unspecified atom stereocenters. The van der Waals surface area contributed by atoms with Gasteiger partial charge in [0.05, 0.1) is 18.7 Å². The molecule has 1 aliphatic rings. The molecule has 148 valence electrons. The molecule has 0 N–H and O–H groups in total. The third kappa shape index (κ3) is 4.15. The summed E-state index contributed by atoms with van der Waals surface area (Å²) in [4.78, 5) is 21.4. The number of piperazine rings is 1. The minimum Gasteiger partial charge on any atom is -0.496 e. The Balaban J connectivity index is 1.52. The molecular weight excluding hydrogens is 362 g/mol. The summed E-state index contributed by atoms with van der Waals surface area (Å²) in [6, 6.07) is 23.0. The molecule has 1 aromatic heterocycles. The number of hydrogen-bond donors (Lipinski definition) is 0. The van der Waals surface area contributed by atoms with E-state index in [0.717, 1.165) is 13.1 Å². The van der Waals surface area contributed by atoms with Gasteiger partial charge in [0.2, 0.25) is 0 Å². The molecule has 1 saturated heterocycles. The van der Waals surface area contributed by atoms with Crippen LogP contribution < -0.4 is 4.74 Å². The molecule has 0 spiro atoms. The summed E-state index contributed by atoms with van der Waals surface area (Å²) in [5.41, 5.74) is 3.06. The second-order valence-electron chi connectivity index (χ2n) is 7.13. The van der Waals surface area contributed by atoms with E-state index < -0.39 is 0 Å². The van der Waals surface area contributed by atoms with Gasteiger partial charge in [-0.1, -0.05) is 60.7 Å². The van der Waals surface area contributed by atoms with E-state index in [1.165, 1.54) is 11.1 Å². The third-order valence-corrected chi connectivity index (χ3v) is 5.43. The average molecular weight is 387 g/mol. The predicted octanol–water partition coefficient (Wildman–Crippen LogP) is 3.64. The van der Waals surface area contributed by atoms with E-state index in [1.54, 1.807) is 25.6 Å². The average Bonchev–Trinajstić information content (AvgIpc) is 2.81. The molecule has 3 aromatic rings. The molecule has 0 saturated carbocycles. The molecule has 0 aliphatic carbocycles. The van der Waals surface area contributed by atoms with Crippen molar-refractivity contribution in [1.82, 2.24) is 14.8 Å². The monoisotopic (exact) mass is 387 g/mol. The number of amides is 1. The van der Waals surface area contributed by atoms with Crippen LogP contribution in [0, 0.1) is 0 Å². The number of rotatable bonds is 5. The van der Waals surface area contributed by atoms with Crippen molar-refractivity contribution in [2.24, 2.45) is 0 Å². The number of nitrogens with zero attached hydrogens (tertiary/aromatic N) is 3. The second kappa shape index (κ2) is 8.88. The minimum atomic E-state index is -0.0226. The highest BCUT2D eigenvalue weighted by Crippen LogP contribution is 2.30. The van der Waals surface area contributed by atoms with Crippen LogP contribution in [0.1, 0.15) is 27.5 Å². The van der Waals surface area contributed by atoms with Gasteiger partial charge in [-0.25, -0.2) is 0 Å². The van der Waals surface area contributed by atoms with Gasteiger partial charge in [-0.15, -0.1) is 0 Å². The second-order valence-corrected chi connectivity index (χ2v) is 7.13. The van der Waals surface area contributed by atoms with Crippen molar-refractivity contribution in [3.63, 3.8) is 0 Å². The van der Waals surface area contributed by atoms with Crippen LogP contribution in [0.3, 0.4) is 0 Å². The van der Waals surface area contributed by atoms with Crippen molar-refractivity contribution in [2.45, 2.75) is 6.04 Å². The zero-order valence-electron chi connectivity index (χ0n) is 16.6. The molecule has 29 heavy (non-hydrogen) atoms. The fourth-order valence-electron chi connectivity index (χ4n) is 3.96. The SMILES string of the molecule is COc1ccncc1C(=O)N1CCN(C(c2ccccc2)c2ccccc2)CC1. The maximum absolute atomic E-state index is 13.0. The van der Waals surface area contributed by atoms with Crippen LogP contribution in [0.4, 0.5) is 0 Å². The molecule has 0 radical (unpaired) electrons. The van der Waals surface area contributed by atoms with Gasteiger partial charge in [0.1, 0.15) is 5.75 Å². The standard InChI is InChI=1S/C24H25N3O2/c1-29-22-12-13-25-18-21(22)24(28)27-16-14-26(15-17-27)23(19-8-4-2-5-9-19)20-10-6-3-7-11-20/h2-13,18,23H,14-17H2,1H3. The molecule has 1 amide bonds. The molecular formula is C24H25N3O2. The maximum atomic E-state index is 13.0. The number of carbonyl (C=O) groups is 1. The number of ether oxygens (including phenoxy) is 1. The third-order valence-electron chi connectivity index (χ3n) is 5.43. The molecule has 5 nitrogen and oxygen atoms in total. The highest BCUT2D eigenvalue weighted by molar-refractivity contribution is 5.96. The summed E-state index contributed by atoms with van der Waals surface area (Å²) in [5, 5.41) is 0. The van der Waals surface area contributed by atoms with Crippen molar-refractivity contribution < 1.29 is 9.53 Å². The number of carbonyl (C=O) groups excluding carboxylic acids is 1. The lowest BCUT2D eigenvalue weighted by molar-refractivity contribution is 0.0594. The van der Waals surface area contributed by atoms with Crippen LogP contribution in [0.15, 0.2) is 79.1 Å². The minimum absolute atomic E-state index is 0.0226. The zero-order chi connectivity index (χ0) is 20.1. The van der Waals surface area contributed by atoms with Crippen LogP contribution in [-0.2, 0) is 0 Å². The Morgan fingerprint density at radius 1 is 0.897 bits per heavy atom. The van der Waals surface area contributed by atoms with E-state index in [4.69, 9.17) is 4.74 Å². The van der Waals surface area contributed by atoms with Crippen LogP contribution in [0.5, 0.6) is 5.75 Å². The van der Waals surface area contributed by atoms with Crippen molar-refractivity contribution in [2.75, 3.05) is 33.3 Å². The van der Waals surface area contributed by atoms with E-state index in [-0.39, 0.29) is 11.9 Å². The van der Waals surface area contributed by atoms with Crippen LogP contribution >= 0.6 is 0 Å². The lowest BCUT2D eigenvalue weighted by Gasteiger charge is -2.39. The van der Waals surface area contributed by atoms with Gasteiger partial charge in [-0.05, 0) is 17.2 Å². The number of aromatic nitrogens is 1. The molecule has 0 bridgehead atoms. The van der Waals surface area contributed by atoms with Crippen molar-refractivity contribution in [3.8, 4) is 5.75 Å². The van der Waals surface area contributed by atoms with Gasteiger partial charge >= 0.3 is 0 Å². The highest BCUT2D eigenvalue weighted by Gasteiger charge is 2.29. The van der Waals surface area contributed by atoms with E-state index in [1.807, 2.05) is 17.0 Å². The molecule has 2 heterocycles. The summed E-state index contributed by atoms with van der Waals surface area (Å²) in [6.07, 6.45) is 3.22. The van der Waals surface area contributed by atoms with Crippen LogP contribution in [0.2, 0.25) is 0 Å². The molecule has 2 aromatic carbocycles. The number of hydrogen-bond acceptors (Lipinski definition) is 4. The van der Waals surface area contributed by atoms with Gasteiger partial charge < -0.3 is 9.64 Å². The van der Waals surface area contributed by atoms with Gasteiger partial charge in [0, 0.05) is 38.6 Å². The predicted molar refractivity (Wildman–Crippen MR) is 113 cm³/mol.